The summed E-state index contributed by atoms with van der Waals surface area (Å²) in [5.41, 5.74) is 2.02. The van der Waals surface area contributed by atoms with E-state index in [1.165, 1.54) is 18.7 Å². The number of ketones is 1. The van der Waals surface area contributed by atoms with Crippen LogP contribution in [0.1, 0.15) is 40.8 Å². The average molecular weight is 395 g/mol. The van der Waals surface area contributed by atoms with E-state index >= 15 is 0 Å². The number of aromatic nitrogens is 3. The van der Waals surface area contributed by atoms with Crippen LogP contribution in [-0.4, -0.2) is 26.5 Å². The molecule has 7 heteroatoms. The van der Waals surface area contributed by atoms with Gasteiger partial charge in [0.15, 0.2) is 10.9 Å². The molecule has 1 amide bonds. The van der Waals surface area contributed by atoms with Gasteiger partial charge in [0, 0.05) is 24.7 Å². The highest BCUT2D eigenvalue weighted by Crippen LogP contribution is 2.35. The number of amides is 1. The summed E-state index contributed by atoms with van der Waals surface area (Å²) in [4.78, 5) is 24.7. The normalized spacial score (nSPS) is 11.8. The van der Waals surface area contributed by atoms with Gasteiger partial charge in [-0.15, -0.1) is 10.2 Å². The van der Waals surface area contributed by atoms with E-state index in [-0.39, 0.29) is 11.7 Å². The molecular weight excluding hydrogens is 372 g/mol. The van der Waals surface area contributed by atoms with Crippen LogP contribution >= 0.6 is 11.8 Å². The second-order valence-electron chi connectivity index (χ2n) is 6.35. The highest BCUT2D eigenvalue weighted by Gasteiger charge is 2.25. The van der Waals surface area contributed by atoms with Crippen molar-refractivity contribution < 1.29 is 9.59 Å². The van der Waals surface area contributed by atoms with Gasteiger partial charge in [0.2, 0.25) is 5.91 Å². The zero-order valence-corrected chi connectivity index (χ0v) is 16.9. The number of nitrogens with one attached hydrogen (secondary N) is 1. The number of hydrogen-bond donors (Lipinski definition) is 1. The lowest BCUT2D eigenvalue weighted by atomic mass is 10.1. The van der Waals surface area contributed by atoms with Crippen LogP contribution in [0.5, 0.6) is 0 Å². The highest BCUT2D eigenvalue weighted by atomic mass is 32.2. The molecular formula is C21H22N4O2S. The Labute approximate surface area is 168 Å². The van der Waals surface area contributed by atoms with E-state index in [0.717, 1.165) is 17.8 Å². The molecule has 3 aromatic rings. The second-order valence-corrected chi connectivity index (χ2v) is 7.42. The molecule has 1 aromatic heterocycles. The maximum absolute atomic E-state index is 13.1. The Morgan fingerprint density at radius 1 is 1.11 bits per heavy atom. The van der Waals surface area contributed by atoms with Crippen molar-refractivity contribution in [2.75, 3.05) is 5.32 Å². The van der Waals surface area contributed by atoms with Gasteiger partial charge in [0.1, 0.15) is 11.1 Å². The summed E-state index contributed by atoms with van der Waals surface area (Å²) in [5, 5.41) is 11.5. The van der Waals surface area contributed by atoms with Gasteiger partial charge >= 0.3 is 0 Å². The SMILES string of the molecule is CCc1nnc(SC(C(=O)Nc2cccc(C(C)=O)c2)c2ccccc2)n1C. The Morgan fingerprint density at radius 3 is 2.50 bits per heavy atom. The molecule has 144 valence electrons. The molecule has 0 spiro atoms. The zero-order chi connectivity index (χ0) is 20.1. The van der Waals surface area contributed by atoms with Crippen LogP contribution in [0.2, 0.25) is 0 Å². The van der Waals surface area contributed by atoms with Gasteiger partial charge < -0.3 is 9.88 Å². The molecule has 1 heterocycles. The molecule has 1 N–H and O–H groups in total. The molecule has 0 aliphatic carbocycles. The van der Waals surface area contributed by atoms with Crippen molar-refractivity contribution in [3.8, 4) is 0 Å². The van der Waals surface area contributed by atoms with Gasteiger partial charge in [-0.05, 0) is 24.6 Å². The fourth-order valence-electron chi connectivity index (χ4n) is 2.79. The minimum Gasteiger partial charge on any atom is -0.325 e. The standard InChI is InChI=1S/C21H22N4O2S/c1-4-18-23-24-21(25(18)3)28-19(15-9-6-5-7-10-15)20(27)22-17-12-8-11-16(13-17)14(2)26/h5-13,19H,4H2,1-3H3,(H,22,27). The lowest BCUT2D eigenvalue weighted by molar-refractivity contribution is -0.115. The van der Waals surface area contributed by atoms with E-state index in [1.807, 2.05) is 48.9 Å². The van der Waals surface area contributed by atoms with Gasteiger partial charge in [-0.2, -0.15) is 0 Å². The number of aryl methyl sites for hydroxylation is 1. The predicted octanol–water partition coefficient (Wildman–Crippen LogP) is 4.05. The van der Waals surface area contributed by atoms with Crippen molar-refractivity contribution in [2.45, 2.75) is 30.7 Å². The molecule has 0 fully saturated rings. The summed E-state index contributed by atoms with van der Waals surface area (Å²) in [5.74, 6) is 0.637. The Bertz CT molecular complexity index is 985. The third-order valence-corrected chi connectivity index (χ3v) is 5.63. The second kappa shape index (κ2) is 8.84. The third kappa shape index (κ3) is 4.48. The van der Waals surface area contributed by atoms with Gasteiger partial charge in [-0.25, -0.2) is 0 Å². The molecule has 28 heavy (non-hydrogen) atoms. The van der Waals surface area contributed by atoms with Crippen molar-refractivity contribution in [1.82, 2.24) is 14.8 Å². The highest BCUT2D eigenvalue weighted by molar-refractivity contribution is 8.00. The maximum atomic E-state index is 13.1. The molecule has 0 bridgehead atoms. The van der Waals surface area contributed by atoms with Gasteiger partial charge in [-0.1, -0.05) is 61.2 Å². The van der Waals surface area contributed by atoms with Crippen LogP contribution in [0.4, 0.5) is 5.69 Å². The Kier molecular flexibility index (Phi) is 6.26. The van der Waals surface area contributed by atoms with Crippen LogP contribution in [0, 0.1) is 0 Å². The van der Waals surface area contributed by atoms with E-state index in [4.69, 9.17) is 0 Å². The summed E-state index contributed by atoms with van der Waals surface area (Å²) >= 11 is 1.35. The number of benzene rings is 2. The Balaban J connectivity index is 1.88. The molecule has 0 saturated heterocycles. The smallest absolute Gasteiger partial charge is 0.242 e. The number of thioether (sulfide) groups is 1. The van der Waals surface area contributed by atoms with Crippen molar-refractivity contribution in [2.24, 2.45) is 7.05 Å². The number of carbonyl (C=O) groups is 2. The largest absolute Gasteiger partial charge is 0.325 e. The van der Waals surface area contributed by atoms with Gasteiger partial charge in [0.25, 0.3) is 0 Å². The van der Waals surface area contributed by atoms with E-state index < -0.39 is 5.25 Å². The number of hydrogen-bond acceptors (Lipinski definition) is 5. The quantitative estimate of drug-likeness (QED) is 0.483. The third-order valence-electron chi connectivity index (χ3n) is 4.34. The van der Waals surface area contributed by atoms with Gasteiger partial charge in [-0.3, -0.25) is 9.59 Å². The average Bonchev–Trinajstić information content (AvgIpc) is 3.06. The number of Topliss-reactive ketones (excluding diaryl/α,β-unsaturated/α-hetero) is 1. The first-order valence-electron chi connectivity index (χ1n) is 9.01. The summed E-state index contributed by atoms with van der Waals surface area (Å²) in [6.07, 6.45) is 0.768. The first-order valence-corrected chi connectivity index (χ1v) is 9.89. The van der Waals surface area contributed by atoms with Gasteiger partial charge in [0.05, 0.1) is 0 Å². The molecule has 3 rings (SSSR count). The van der Waals surface area contributed by atoms with Crippen molar-refractivity contribution >= 4 is 29.1 Å². The predicted molar refractivity (Wildman–Crippen MR) is 110 cm³/mol. The fraction of sp³-hybridized carbons (Fsp3) is 0.238. The fourth-order valence-corrected chi connectivity index (χ4v) is 3.81. The lowest BCUT2D eigenvalue weighted by Gasteiger charge is -2.17. The van der Waals surface area contributed by atoms with E-state index in [0.29, 0.717) is 16.4 Å². The number of anilines is 1. The molecule has 0 radical (unpaired) electrons. The monoisotopic (exact) mass is 394 g/mol. The van der Waals surface area contributed by atoms with Crippen LogP contribution < -0.4 is 5.32 Å². The molecule has 6 nitrogen and oxygen atoms in total. The van der Waals surface area contributed by atoms with Crippen LogP contribution in [0.15, 0.2) is 59.8 Å². The van der Waals surface area contributed by atoms with E-state index in [1.54, 1.807) is 24.3 Å². The Hall–Kier alpha value is -2.93. The summed E-state index contributed by atoms with van der Waals surface area (Å²) in [6, 6.07) is 16.5. The summed E-state index contributed by atoms with van der Waals surface area (Å²) in [6.45, 7) is 3.52. The van der Waals surface area contributed by atoms with Crippen LogP contribution in [0.25, 0.3) is 0 Å². The van der Waals surface area contributed by atoms with Crippen LogP contribution in [0.3, 0.4) is 0 Å². The number of rotatable bonds is 7. The number of carbonyl (C=O) groups excluding carboxylic acids is 2. The number of nitrogens with zero attached hydrogens (tertiary/aromatic N) is 3. The maximum Gasteiger partial charge on any atom is 0.242 e. The lowest BCUT2D eigenvalue weighted by Crippen LogP contribution is -2.19. The van der Waals surface area contributed by atoms with E-state index in [9.17, 15) is 9.59 Å². The topological polar surface area (TPSA) is 76.9 Å². The molecule has 2 aromatic carbocycles. The molecule has 0 aliphatic heterocycles. The first kappa shape index (κ1) is 19.8. The Morgan fingerprint density at radius 2 is 1.86 bits per heavy atom. The van der Waals surface area contributed by atoms with Crippen molar-refractivity contribution in [3.05, 3.63) is 71.5 Å². The molecule has 1 unspecified atom stereocenters. The van der Waals surface area contributed by atoms with Crippen LogP contribution in [-0.2, 0) is 18.3 Å². The van der Waals surface area contributed by atoms with Crippen molar-refractivity contribution in [3.63, 3.8) is 0 Å². The first-order chi connectivity index (χ1) is 13.5. The molecule has 0 aliphatic rings. The minimum atomic E-state index is -0.505. The molecule has 0 saturated carbocycles. The van der Waals surface area contributed by atoms with E-state index in [2.05, 4.69) is 15.5 Å². The molecule has 1 atom stereocenters. The zero-order valence-electron chi connectivity index (χ0n) is 16.0. The van der Waals surface area contributed by atoms with Crippen molar-refractivity contribution in [1.29, 1.82) is 0 Å². The minimum absolute atomic E-state index is 0.0451. The summed E-state index contributed by atoms with van der Waals surface area (Å²) in [7, 11) is 1.90. The summed E-state index contributed by atoms with van der Waals surface area (Å²) < 4.78 is 1.91.